The summed E-state index contributed by atoms with van der Waals surface area (Å²) in [6.45, 7) is 5.32. The molecule has 0 amide bonds. The highest BCUT2D eigenvalue weighted by molar-refractivity contribution is 5.87. The van der Waals surface area contributed by atoms with E-state index in [4.69, 9.17) is 5.11 Å². The number of carbonyl (C=O) groups is 1. The number of nitrogens with zero attached hydrogens (tertiary/aromatic N) is 3. The zero-order chi connectivity index (χ0) is 13.4. The number of likely N-dealkylation sites (tertiary alicyclic amines) is 1. The zero-order valence-electron chi connectivity index (χ0n) is 10.9. The third kappa shape index (κ3) is 2.10. The van der Waals surface area contributed by atoms with Crippen LogP contribution in [0.1, 0.15) is 35.4 Å². The van der Waals surface area contributed by atoms with Crippen LogP contribution in [0.15, 0.2) is 24.5 Å². The first-order valence-corrected chi connectivity index (χ1v) is 6.61. The Morgan fingerprint density at radius 1 is 1.53 bits per heavy atom. The van der Waals surface area contributed by atoms with E-state index in [9.17, 15) is 4.79 Å². The molecule has 1 atom stereocenters. The zero-order valence-corrected chi connectivity index (χ0v) is 10.9. The van der Waals surface area contributed by atoms with E-state index in [1.165, 1.54) is 0 Å². The number of likely N-dealkylation sites (N-methyl/N-ethyl adjacent to an activating group) is 1. The number of hydrogen-bond acceptors (Lipinski definition) is 3. The van der Waals surface area contributed by atoms with Gasteiger partial charge in [0.05, 0.1) is 17.3 Å². The van der Waals surface area contributed by atoms with E-state index in [2.05, 4.69) is 16.8 Å². The van der Waals surface area contributed by atoms with Gasteiger partial charge in [-0.15, -0.1) is 0 Å². The van der Waals surface area contributed by atoms with Gasteiger partial charge in [-0.2, -0.15) is 0 Å². The second-order valence-corrected chi connectivity index (χ2v) is 5.01. The van der Waals surface area contributed by atoms with Crippen LogP contribution in [0.5, 0.6) is 0 Å². The van der Waals surface area contributed by atoms with Gasteiger partial charge in [0.1, 0.15) is 5.82 Å². The normalized spacial score (nSPS) is 20.2. The number of imidazole rings is 1. The molecule has 0 saturated carbocycles. The maximum absolute atomic E-state index is 11.1. The average Bonchev–Trinajstić information content (AvgIpc) is 3.03. The molecule has 1 fully saturated rings. The maximum Gasteiger partial charge on any atom is 0.337 e. The lowest BCUT2D eigenvalue weighted by atomic mass is 10.1. The number of carboxylic acids is 1. The Bertz CT molecular complexity index is 620. The minimum atomic E-state index is -0.900. The van der Waals surface area contributed by atoms with E-state index >= 15 is 0 Å². The third-order valence-electron chi connectivity index (χ3n) is 3.89. The van der Waals surface area contributed by atoms with Crippen molar-refractivity contribution >= 4 is 11.5 Å². The van der Waals surface area contributed by atoms with Gasteiger partial charge in [0.25, 0.3) is 0 Å². The van der Waals surface area contributed by atoms with Crippen molar-refractivity contribution in [1.82, 2.24) is 14.3 Å². The van der Waals surface area contributed by atoms with Crippen LogP contribution < -0.4 is 0 Å². The summed E-state index contributed by atoms with van der Waals surface area (Å²) in [7, 11) is 0. The molecule has 1 N–H and O–H groups in total. The van der Waals surface area contributed by atoms with Crippen molar-refractivity contribution in [1.29, 1.82) is 0 Å². The molecule has 1 aliphatic rings. The summed E-state index contributed by atoms with van der Waals surface area (Å²) in [6.07, 6.45) is 4.58. The summed E-state index contributed by atoms with van der Waals surface area (Å²) < 4.78 is 1.92. The van der Waals surface area contributed by atoms with E-state index in [0.29, 0.717) is 11.5 Å². The largest absolute Gasteiger partial charge is 0.478 e. The predicted octanol–water partition coefficient (Wildman–Crippen LogP) is 1.84. The molecule has 5 nitrogen and oxygen atoms in total. The topological polar surface area (TPSA) is 57.8 Å². The predicted molar refractivity (Wildman–Crippen MR) is 71.6 cm³/mol. The Balaban J connectivity index is 1.99. The molecule has 3 rings (SSSR count). The summed E-state index contributed by atoms with van der Waals surface area (Å²) in [5.41, 5.74) is 1.26. The highest BCUT2D eigenvalue weighted by Gasteiger charge is 2.26. The lowest BCUT2D eigenvalue weighted by Gasteiger charge is -2.12. The van der Waals surface area contributed by atoms with Crippen LogP contribution in [0, 0.1) is 0 Å². The average molecular weight is 259 g/mol. The van der Waals surface area contributed by atoms with Crippen LogP contribution in [-0.2, 0) is 0 Å². The Morgan fingerprint density at radius 2 is 2.37 bits per heavy atom. The number of pyridine rings is 1. The molecule has 2 aromatic rings. The van der Waals surface area contributed by atoms with E-state index < -0.39 is 5.97 Å². The maximum atomic E-state index is 11.1. The molecule has 3 heterocycles. The van der Waals surface area contributed by atoms with Gasteiger partial charge in [-0.25, -0.2) is 9.78 Å². The van der Waals surface area contributed by atoms with Crippen LogP contribution in [0.25, 0.3) is 5.52 Å². The molecular formula is C14H17N3O2. The molecule has 0 aliphatic carbocycles. The summed E-state index contributed by atoms with van der Waals surface area (Å²) in [5.74, 6) is 0.476. The van der Waals surface area contributed by atoms with Gasteiger partial charge >= 0.3 is 5.97 Å². The third-order valence-corrected chi connectivity index (χ3v) is 3.89. The van der Waals surface area contributed by atoms with Crippen molar-refractivity contribution in [2.75, 3.05) is 19.6 Å². The van der Waals surface area contributed by atoms with Gasteiger partial charge < -0.3 is 14.4 Å². The van der Waals surface area contributed by atoms with Crippen molar-refractivity contribution in [3.63, 3.8) is 0 Å². The molecule has 1 saturated heterocycles. The van der Waals surface area contributed by atoms with E-state index in [-0.39, 0.29) is 0 Å². The van der Waals surface area contributed by atoms with Crippen molar-refractivity contribution in [2.24, 2.45) is 0 Å². The second-order valence-electron chi connectivity index (χ2n) is 5.01. The number of aromatic nitrogens is 2. The van der Waals surface area contributed by atoms with Crippen LogP contribution >= 0.6 is 0 Å². The molecule has 1 unspecified atom stereocenters. The van der Waals surface area contributed by atoms with Crippen molar-refractivity contribution in [2.45, 2.75) is 19.3 Å². The van der Waals surface area contributed by atoms with Gasteiger partial charge in [0.2, 0.25) is 0 Å². The Morgan fingerprint density at radius 3 is 3.05 bits per heavy atom. The molecular weight excluding hydrogens is 242 g/mol. The van der Waals surface area contributed by atoms with Crippen molar-refractivity contribution in [3.8, 4) is 0 Å². The summed E-state index contributed by atoms with van der Waals surface area (Å²) in [4.78, 5) is 17.9. The standard InChI is InChI=1S/C14H17N3O2/c1-2-16-6-5-10(8-16)13-15-7-12-4-3-11(14(18)19)9-17(12)13/h3-4,7,9-10H,2,5-6,8H2,1H3,(H,18,19). The number of rotatable bonds is 3. The Hall–Kier alpha value is -1.88. The smallest absolute Gasteiger partial charge is 0.337 e. The van der Waals surface area contributed by atoms with Gasteiger partial charge in [0, 0.05) is 18.7 Å². The summed E-state index contributed by atoms with van der Waals surface area (Å²) >= 11 is 0. The fourth-order valence-corrected chi connectivity index (χ4v) is 2.77. The molecule has 0 radical (unpaired) electrons. The number of hydrogen-bond donors (Lipinski definition) is 1. The first-order valence-electron chi connectivity index (χ1n) is 6.61. The van der Waals surface area contributed by atoms with Crippen LogP contribution in [-0.4, -0.2) is 45.0 Å². The van der Waals surface area contributed by atoms with Gasteiger partial charge in [0.15, 0.2) is 0 Å². The number of carboxylic acid groups (broad SMARTS) is 1. The highest BCUT2D eigenvalue weighted by atomic mass is 16.4. The first-order chi connectivity index (χ1) is 9.19. The molecule has 0 spiro atoms. The first kappa shape index (κ1) is 12.2. The molecule has 5 heteroatoms. The highest BCUT2D eigenvalue weighted by Crippen LogP contribution is 2.26. The SMILES string of the molecule is CCN1CCC(c2ncc3ccc(C(=O)O)cn23)C1. The minimum Gasteiger partial charge on any atom is -0.478 e. The minimum absolute atomic E-state index is 0.303. The molecule has 19 heavy (non-hydrogen) atoms. The number of fused-ring (bicyclic) bond motifs is 1. The van der Waals surface area contributed by atoms with Gasteiger partial charge in [-0.05, 0) is 31.6 Å². The van der Waals surface area contributed by atoms with Crippen LogP contribution in [0.4, 0.5) is 0 Å². The van der Waals surface area contributed by atoms with Crippen molar-refractivity contribution < 1.29 is 9.90 Å². The monoisotopic (exact) mass is 259 g/mol. The molecule has 100 valence electrons. The van der Waals surface area contributed by atoms with Crippen molar-refractivity contribution in [3.05, 3.63) is 35.9 Å². The quantitative estimate of drug-likeness (QED) is 0.913. The van der Waals surface area contributed by atoms with Crippen LogP contribution in [0.3, 0.4) is 0 Å². The van der Waals surface area contributed by atoms with Crippen LogP contribution in [0.2, 0.25) is 0 Å². The van der Waals surface area contributed by atoms with E-state index in [1.54, 1.807) is 12.3 Å². The summed E-state index contributed by atoms with van der Waals surface area (Å²) in [5, 5.41) is 9.08. The Kier molecular flexibility index (Phi) is 2.98. The fourth-order valence-electron chi connectivity index (χ4n) is 2.77. The fraction of sp³-hybridized carbons (Fsp3) is 0.429. The summed E-state index contributed by atoms with van der Waals surface area (Å²) in [6, 6.07) is 3.43. The van der Waals surface area contributed by atoms with Gasteiger partial charge in [-0.3, -0.25) is 0 Å². The lowest BCUT2D eigenvalue weighted by Crippen LogP contribution is -2.19. The molecule has 1 aliphatic heterocycles. The number of aromatic carboxylic acids is 1. The molecule has 2 aromatic heterocycles. The van der Waals surface area contributed by atoms with E-state index in [0.717, 1.165) is 37.4 Å². The molecule has 0 bridgehead atoms. The lowest BCUT2D eigenvalue weighted by molar-refractivity contribution is 0.0696. The van der Waals surface area contributed by atoms with E-state index in [1.807, 2.05) is 16.7 Å². The Labute approximate surface area is 111 Å². The molecule has 0 aromatic carbocycles. The van der Waals surface area contributed by atoms with Gasteiger partial charge in [-0.1, -0.05) is 6.92 Å². The second kappa shape index (κ2) is 4.66.